The monoisotopic (exact) mass is 198 g/mol. The first-order valence-corrected chi connectivity index (χ1v) is 5.12. The zero-order chi connectivity index (χ0) is 10.3. The number of benzene rings is 2. The van der Waals surface area contributed by atoms with Crippen LogP contribution in [-0.4, -0.2) is 19.4 Å². The predicted molar refractivity (Wildman–Crippen MR) is 65.3 cm³/mol. The molecule has 0 unspecified atom stereocenters. The van der Waals surface area contributed by atoms with Crippen molar-refractivity contribution in [1.82, 2.24) is 5.32 Å². The van der Waals surface area contributed by atoms with Crippen LogP contribution in [0.15, 0.2) is 53.5 Å². The lowest BCUT2D eigenvalue weighted by Gasteiger charge is -1.92. The molecule has 2 heteroatoms. The summed E-state index contributed by atoms with van der Waals surface area (Å²) in [5.74, 6) is 0. The van der Waals surface area contributed by atoms with Gasteiger partial charge in [-0.2, -0.15) is 0 Å². The molecule has 0 saturated carbocycles. The highest BCUT2D eigenvalue weighted by Crippen LogP contribution is 2.11. The lowest BCUT2D eigenvalue weighted by molar-refractivity contribution is 0.965. The second kappa shape index (κ2) is 5.15. The van der Waals surface area contributed by atoms with E-state index in [0.717, 1.165) is 13.1 Å². The molecule has 0 saturated heterocycles. The van der Waals surface area contributed by atoms with Crippen molar-refractivity contribution in [3.63, 3.8) is 0 Å². The molecule has 0 atom stereocenters. The summed E-state index contributed by atoms with van der Waals surface area (Å²) in [5.41, 5.74) is 0. The Morgan fingerprint density at radius 1 is 0.867 bits per heavy atom. The van der Waals surface area contributed by atoms with Crippen molar-refractivity contribution in [2.24, 2.45) is 4.99 Å². The van der Waals surface area contributed by atoms with Crippen LogP contribution in [0.5, 0.6) is 0 Å². The van der Waals surface area contributed by atoms with Gasteiger partial charge in [0.15, 0.2) is 0 Å². The van der Waals surface area contributed by atoms with Crippen molar-refractivity contribution < 1.29 is 0 Å². The SMILES string of the molecule is C1=NCCN1.c1ccc2ccccc2c1. The van der Waals surface area contributed by atoms with Crippen LogP contribution >= 0.6 is 0 Å². The summed E-state index contributed by atoms with van der Waals surface area (Å²) in [6.45, 7) is 1.99. The molecule has 1 heterocycles. The van der Waals surface area contributed by atoms with Crippen LogP contribution in [0.25, 0.3) is 10.8 Å². The summed E-state index contributed by atoms with van der Waals surface area (Å²) < 4.78 is 0. The van der Waals surface area contributed by atoms with Crippen LogP contribution in [0.2, 0.25) is 0 Å². The fraction of sp³-hybridized carbons (Fsp3) is 0.154. The highest BCUT2D eigenvalue weighted by Gasteiger charge is 1.85. The van der Waals surface area contributed by atoms with Crippen molar-refractivity contribution in [1.29, 1.82) is 0 Å². The van der Waals surface area contributed by atoms with Gasteiger partial charge in [-0.15, -0.1) is 0 Å². The standard InChI is InChI=1S/C10H8.C3H6N2/c1-2-6-10-8-4-3-7-9(10)5-1;1-2-5-3-4-1/h1-8H;3H,1-2H2,(H,4,5). The van der Waals surface area contributed by atoms with Gasteiger partial charge in [0.2, 0.25) is 0 Å². The van der Waals surface area contributed by atoms with Crippen LogP contribution in [-0.2, 0) is 0 Å². The van der Waals surface area contributed by atoms with E-state index in [-0.39, 0.29) is 0 Å². The highest BCUT2D eigenvalue weighted by molar-refractivity contribution is 5.81. The summed E-state index contributed by atoms with van der Waals surface area (Å²) >= 11 is 0. The van der Waals surface area contributed by atoms with Gasteiger partial charge in [-0.3, -0.25) is 4.99 Å². The van der Waals surface area contributed by atoms with Crippen LogP contribution in [0.4, 0.5) is 0 Å². The molecule has 1 N–H and O–H groups in total. The third-order valence-electron chi connectivity index (χ3n) is 2.23. The van der Waals surface area contributed by atoms with Crippen molar-refractivity contribution in [2.75, 3.05) is 13.1 Å². The molecule has 0 aliphatic carbocycles. The first-order valence-electron chi connectivity index (χ1n) is 5.12. The van der Waals surface area contributed by atoms with Gasteiger partial charge < -0.3 is 5.32 Å². The van der Waals surface area contributed by atoms with Gasteiger partial charge in [-0.05, 0) is 10.8 Å². The molecule has 2 aromatic rings. The van der Waals surface area contributed by atoms with Gasteiger partial charge in [0.1, 0.15) is 0 Å². The molecule has 0 radical (unpaired) electrons. The second-order valence-corrected chi connectivity index (χ2v) is 3.34. The van der Waals surface area contributed by atoms with Crippen molar-refractivity contribution in [3.8, 4) is 0 Å². The topological polar surface area (TPSA) is 24.4 Å². The Balaban J connectivity index is 0.000000144. The molecule has 0 aromatic heterocycles. The van der Waals surface area contributed by atoms with E-state index in [1.54, 1.807) is 6.34 Å². The van der Waals surface area contributed by atoms with Gasteiger partial charge in [-0.1, -0.05) is 48.5 Å². The second-order valence-electron chi connectivity index (χ2n) is 3.34. The van der Waals surface area contributed by atoms with E-state index in [2.05, 4.69) is 58.8 Å². The van der Waals surface area contributed by atoms with Crippen LogP contribution in [0.1, 0.15) is 0 Å². The number of fused-ring (bicyclic) bond motifs is 1. The molecular weight excluding hydrogens is 184 g/mol. The van der Waals surface area contributed by atoms with Gasteiger partial charge in [0, 0.05) is 6.54 Å². The average Bonchev–Trinajstić information content (AvgIpc) is 2.88. The highest BCUT2D eigenvalue weighted by atomic mass is 15.0. The summed E-state index contributed by atoms with van der Waals surface area (Å²) in [6.07, 6.45) is 1.74. The van der Waals surface area contributed by atoms with Crippen molar-refractivity contribution in [2.45, 2.75) is 0 Å². The fourth-order valence-electron chi connectivity index (χ4n) is 1.46. The van der Waals surface area contributed by atoms with Gasteiger partial charge in [-0.25, -0.2) is 0 Å². The van der Waals surface area contributed by atoms with E-state index in [1.807, 2.05) is 0 Å². The number of rotatable bonds is 0. The normalized spacial score (nSPS) is 13.1. The van der Waals surface area contributed by atoms with Crippen LogP contribution in [0.3, 0.4) is 0 Å². The third-order valence-corrected chi connectivity index (χ3v) is 2.23. The quantitative estimate of drug-likeness (QED) is 0.691. The largest absolute Gasteiger partial charge is 0.375 e. The Kier molecular flexibility index (Phi) is 3.34. The molecule has 0 fully saturated rings. The zero-order valence-electron chi connectivity index (χ0n) is 8.56. The van der Waals surface area contributed by atoms with Crippen LogP contribution in [0, 0.1) is 0 Å². The molecule has 2 nitrogen and oxygen atoms in total. The molecule has 15 heavy (non-hydrogen) atoms. The number of hydrogen-bond acceptors (Lipinski definition) is 2. The third kappa shape index (κ3) is 2.81. The molecule has 0 amide bonds. The van der Waals surface area contributed by atoms with Crippen molar-refractivity contribution in [3.05, 3.63) is 48.5 Å². The lowest BCUT2D eigenvalue weighted by Crippen LogP contribution is -2.04. The summed E-state index contributed by atoms with van der Waals surface area (Å²) in [6, 6.07) is 16.7. The number of hydrogen-bond donors (Lipinski definition) is 1. The summed E-state index contributed by atoms with van der Waals surface area (Å²) in [5, 5.41) is 5.55. The molecule has 3 rings (SSSR count). The first-order chi connectivity index (χ1) is 7.47. The fourth-order valence-corrected chi connectivity index (χ4v) is 1.46. The van der Waals surface area contributed by atoms with E-state index in [1.165, 1.54) is 10.8 Å². The maximum absolute atomic E-state index is 3.85. The van der Waals surface area contributed by atoms with E-state index in [0.29, 0.717) is 0 Å². The number of aliphatic imine (C=N–C) groups is 1. The molecule has 2 aromatic carbocycles. The van der Waals surface area contributed by atoms with Gasteiger partial charge in [0.05, 0.1) is 12.9 Å². The predicted octanol–water partition coefficient (Wildman–Crippen LogP) is 2.46. The molecule has 76 valence electrons. The molecule has 1 aliphatic rings. The Hall–Kier alpha value is -1.83. The molecule has 1 aliphatic heterocycles. The molecule has 0 bridgehead atoms. The lowest BCUT2D eigenvalue weighted by atomic mass is 10.1. The molecule has 0 spiro atoms. The summed E-state index contributed by atoms with van der Waals surface area (Å²) in [7, 11) is 0. The minimum atomic E-state index is 0.958. The van der Waals surface area contributed by atoms with E-state index >= 15 is 0 Å². The van der Waals surface area contributed by atoms with Crippen molar-refractivity contribution >= 4 is 17.1 Å². The summed E-state index contributed by atoms with van der Waals surface area (Å²) in [4.78, 5) is 3.85. The van der Waals surface area contributed by atoms with Crippen LogP contribution < -0.4 is 5.32 Å². The van der Waals surface area contributed by atoms with E-state index in [4.69, 9.17) is 0 Å². The van der Waals surface area contributed by atoms with Gasteiger partial charge >= 0.3 is 0 Å². The van der Waals surface area contributed by atoms with Gasteiger partial charge in [0.25, 0.3) is 0 Å². The zero-order valence-corrected chi connectivity index (χ0v) is 8.56. The Morgan fingerprint density at radius 3 is 1.67 bits per heavy atom. The minimum Gasteiger partial charge on any atom is -0.375 e. The maximum Gasteiger partial charge on any atom is 0.0825 e. The Bertz CT molecular complexity index is 377. The minimum absolute atomic E-state index is 0.958. The smallest absolute Gasteiger partial charge is 0.0825 e. The Labute approximate surface area is 89.7 Å². The molecular formula is C13H14N2. The average molecular weight is 198 g/mol. The maximum atomic E-state index is 3.85. The number of nitrogens with one attached hydrogen (secondary N) is 1. The van der Waals surface area contributed by atoms with E-state index < -0.39 is 0 Å². The van der Waals surface area contributed by atoms with E-state index in [9.17, 15) is 0 Å². The number of nitrogens with zero attached hydrogens (tertiary/aromatic N) is 1. The Morgan fingerprint density at radius 2 is 1.40 bits per heavy atom. The first kappa shape index (κ1) is 9.71.